The van der Waals surface area contributed by atoms with Crippen molar-refractivity contribution in [3.05, 3.63) is 0 Å². The summed E-state index contributed by atoms with van der Waals surface area (Å²) in [5.74, 6) is -0.178. The molecule has 0 rings (SSSR count). The van der Waals surface area contributed by atoms with E-state index < -0.39 is 5.54 Å². The van der Waals surface area contributed by atoms with Crippen LogP contribution >= 0.6 is 0 Å². The maximum absolute atomic E-state index is 11.5. The van der Waals surface area contributed by atoms with Gasteiger partial charge in [-0.25, -0.2) is 0 Å². The number of ether oxygens (including phenoxy) is 1. The Morgan fingerprint density at radius 3 is 2.00 bits per heavy atom. The zero-order valence-electron chi connectivity index (χ0n) is 8.84. The fraction of sp³-hybridized carbons (Fsp3) is 0.889. The molecule has 0 aromatic carbocycles. The maximum atomic E-state index is 11.5. The van der Waals surface area contributed by atoms with E-state index in [1.165, 1.54) is 0 Å². The molecule has 3 nitrogen and oxygen atoms in total. The summed E-state index contributed by atoms with van der Waals surface area (Å²) in [6.07, 6.45) is -0.0447. The fourth-order valence-corrected chi connectivity index (χ4v) is 0.541. The molecule has 0 N–H and O–H groups in total. The Bertz CT molecular complexity index is 162. The second-order valence-electron chi connectivity index (χ2n) is 3.91. The Hall–Kier alpha value is -0.570. The van der Waals surface area contributed by atoms with Crippen LogP contribution in [0.25, 0.3) is 0 Å². The first kappa shape index (κ1) is 11.4. The van der Waals surface area contributed by atoms with Crippen molar-refractivity contribution in [1.82, 2.24) is 4.90 Å². The molecule has 3 heteroatoms. The van der Waals surface area contributed by atoms with E-state index >= 15 is 0 Å². The van der Waals surface area contributed by atoms with Gasteiger partial charge in [0, 0.05) is 0 Å². The minimum Gasteiger partial charge on any atom is -0.462 e. The molecule has 0 unspecified atom stereocenters. The van der Waals surface area contributed by atoms with Crippen LogP contribution in [0.5, 0.6) is 0 Å². The van der Waals surface area contributed by atoms with Gasteiger partial charge in [-0.2, -0.15) is 0 Å². The van der Waals surface area contributed by atoms with Gasteiger partial charge in [-0.3, -0.25) is 9.69 Å². The number of hydrogen-bond acceptors (Lipinski definition) is 3. The molecule has 0 fully saturated rings. The molecule has 0 atom stereocenters. The smallest absolute Gasteiger partial charge is 0.326 e. The van der Waals surface area contributed by atoms with Gasteiger partial charge in [-0.05, 0) is 41.8 Å². The van der Waals surface area contributed by atoms with Gasteiger partial charge in [0.1, 0.15) is 5.54 Å². The van der Waals surface area contributed by atoms with Gasteiger partial charge < -0.3 is 4.74 Å². The highest BCUT2D eigenvalue weighted by Gasteiger charge is 2.32. The highest BCUT2D eigenvalue weighted by molar-refractivity contribution is 5.79. The van der Waals surface area contributed by atoms with E-state index in [4.69, 9.17) is 4.74 Å². The van der Waals surface area contributed by atoms with Crippen LogP contribution in [0.3, 0.4) is 0 Å². The first-order valence-corrected chi connectivity index (χ1v) is 4.17. The van der Waals surface area contributed by atoms with Gasteiger partial charge in [-0.15, -0.1) is 0 Å². The highest BCUT2D eigenvalue weighted by Crippen LogP contribution is 2.13. The molecule has 0 saturated carbocycles. The largest absolute Gasteiger partial charge is 0.462 e. The Kier molecular flexibility index (Phi) is 3.71. The Morgan fingerprint density at radius 1 is 1.33 bits per heavy atom. The van der Waals surface area contributed by atoms with Gasteiger partial charge >= 0.3 is 5.97 Å². The highest BCUT2D eigenvalue weighted by atomic mass is 16.5. The molecular formula is C9H19NO2. The summed E-state index contributed by atoms with van der Waals surface area (Å²) < 4.78 is 5.10. The molecule has 12 heavy (non-hydrogen) atoms. The summed E-state index contributed by atoms with van der Waals surface area (Å²) >= 11 is 0. The molecule has 0 heterocycles. The first-order chi connectivity index (χ1) is 5.28. The van der Waals surface area contributed by atoms with Crippen LogP contribution in [0, 0.1) is 0 Å². The topological polar surface area (TPSA) is 29.5 Å². The van der Waals surface area contributed by atoms with E-state index in [1.807, 2.05) is 46.7 Å². The quantitative estimate of drug-likeness (QED) is 0.602. The number of rotatable bonds is 3. The van der Waals surface area contributed by atoms with Crippen LogP contribution in [0.2, 0.25) is 0 Å². The van der Waals surface area contributed by atoms with Crippen molar-refractivity contribution in [2.45, 2.75) is 39.3 Å². The van der Waals surface area contributed by atoms with E-state index in [9.17, 15) is 4.79 Å². The number of nitrogens with zero attached hydrogens (tertiary/aromatic N) is 1. The number of hydrogen-bond donors (Lipinski definition) is 0. The fourth-order valence-electron chi connectivity index (χ4n) is 0.541. The molecule has 0 bridgehead atoms. The lowest BCUT2D eigenvalue weighted by atomic mass is 10.1. The predicted octanol–water partition coefficient (Wildman–Crippen LogP) is 1.28. The minimum atomic E-state index is -0.537. The third kappa shape index (κ3) is 2.81. The molecule has 0 radical (unpaired) electrons. The third-order valence-electron chi connectivity index (χ3n) is 1.96. The van der Waals surface area contributed by atoms with Crippen molar-refractivity contribution < 1.29 is 9.53 Å². The predicted molar refractivity (Wildman–Crippen MR) is 49.0 cm³/mol. The monoisotopic (exact) mass is 173 g/mol. The molecule has 72 valence electrons. The Morgan fingerprint density at radius 2 is 1.75 bits per heavy atom. The molecular weight excluding hydrogens is 154 g/mol. The summed E-state index contributed by atoms with van der Waals surface area (Å²) in [4.78, 5) is 13.3. The van der Waals surface area contributed by atoms with Crippen LogP contribution < -0.4 is 0 Å². The SMILES string of the molecule is CC(C)OC(=O)C(C)(C)N(C)C. The lowest BCUT2D eigenvalue weighted by Crippen LogP contribution is -2.47. The van der Waals surface area contributed by atoms with Crippen molar-refractivity contribution in [2.24, 2.45) is 0 Å². The summed E-state index contributed by atoms with van der Waals surface area (Å²) in [5, 5.41) is 0. The zero-order valence-corrected chi connectivity index (χ0v) is 8.84. The number of carbonyl (C=O) groups is 1. The zero-order chi connectivity index (χ0) is 9.94. The summed E-state index contributed by atoms with van der Waals surface area (Å²) in [5.41, 5.74) is -0.537. The van der Waals surface area contributed by atoms with E-state index in [-0.39, 0.29) is 12.1 Å². The van der Waals surface area contributed by atoms with E-state index in [2.05, 4.69) is 0 Å². The van der Waals surface area contributed by atoms with Crippen LogP contribution in [-0.2, 0) is 9.53 Å². The van der Waals surface area contributed by atoms with Crippen molar-refractivity contribution in [3.63, 3.8) is 0 Å². The van der Waals surface area contributed by atoms with Crippen LogP contribution in [0.1, 0.15) is 27.7 Å². The lowest BCUT2D eigenvalue weighted by molar-refractivity contribution is -0.158. The minimum absolute atomic E-state index is 0.0447. The second kappa shape index (κ2) is 3.90. The standard InChI is InChI=1S/C9H19NO2/c1-7(2)12-8(11)9(3,4)10(5)6/h7H,1-6H3. The number of likely N-dealkylation sites (N-methyl/N-ethyl adjacent to an activating group) is 1. The van der Waals surface area contributed by atoms with Gasteiger partial charge in [-0.1, -0.05) is 0 Å². The summed E-state index contributed by atoms with van der Waals surface area (Å²) in [6, 6.07) is 0. The third-order valence-corrected chi connectivity index (χ3v) is 1.96. The van der Waals surface area contributed by atoms with Crippen LogP contribution in [0.4, 0.5) is 0 Å². The first-order valence-electron chi connectivity index (χ1n) is 4.17. The van der Waals surface area contributed by atoms with Gasteiger partial charge in [0.05, 0.1) is 6.10 Å². The number of carbonyl (C=O) groups excluding carboxylic acids is 1. The molecule has 0 aliphatic rings. The molecule has 0 amide bonds. The molecule has 0 aliphatic heterocycles. The van der Waals surface area contributed by atoms with E-state index in [0.717, 1.165) is 0 Å². The molecule has 0 aromatic rings. The Balaban J connectivity index is 4.26. The van der Waals surface area contributed by atoms with E-state index in [1.54, 1.807) is 0 Å². The summed E-state index contributed by atoms with van der Waals surface area (Å²) in [7, 11) is 3.73. The molecule has 0 saturated heterocycles. The average molecular weight is 173 g/mol. The molecule has 0 aromatic heterocycles. The lowest BCUT2D eigenvalue weighted by Gasteiger charge is -2.30. The Labute approximate surface area is 74.7 Å². The normalized spacial score (nSPS) is 12.3. The van der Waals surface area contributed by atoms with Gasteiger partial charge in [0.25, 0.3) is 0 Å². The van der Waals surface area contributed by atoms with Gasteiger partial charge in [0.2, 0.25) is 0 Å². The molecule has 0 aliphatic carbocycles. The van der Waals surface area contributed by atoms with Gasteiger partial charge in [0.15, 0.2) is 0 Å². The molecule has 0 spiro atoms. The van der Waals surface area contributed by atoms with Crippen molar-refractivity contribution in [3.8, 4) is 0 Å². The van der Waals surface area contributed by atoms with Crippen molar-refractivity contribution >= 4 is 5.97 Å². The van der Waals surface area contributed by atoms with Crippen molar-refractivity contribution in [1.29, 1.82) is 0 Å². The maximum Gasteiger partial charge on any atom is 0.326 e. The number of esters is 1. The van der Waals surface area contributed by atoms with Crippen LogP contribution in [0.15, 0.2) is 0 Å². The van der Waals surface area contributed by atoms with Crippen LogP contribution in [-0.4, -0.2) is 36.6 Å². The second-order valence-corrected chi connectivity index (χ2v) is 3.91. The van der Waals surface area contributed by atoms with Crippen molar-refractivity contribution in [2.75, 3.05) is 14.1 Å². The summed E-state index contributed by atoms with van der Waals surface area (Å²) in [6.45, 7) is 7.39. The van der Waals surface area contributed by atoms with E-state index in [0.29, 0.717) is 0 Å². The average Bonchev–Trinajstić information content (AvgIpc) is 1.85.